The molecule has 0 fully saturated rings. The maximum absolute atomic E-state index is 3.62. The average molecular weight is 219 g/mol. The third-order valence-corrected chi connectivity index (χ3v) is 3.24. The Kier molecular flexibility index (Phi) is 5.54. The van der Waals surface area contributed by atoms with Gasteiger partial charge in [0.15, 0.2) is 0 Å². The van der Waals surface area contributed by atoms with E-state index in [2.05, 4.69) is 57.3 Å². The van der Waals surface area contributed by atoms with Crippen LogP contribution in [0.1, 0.15) is 45.2 Å². The number of hydrogen-bond acceptors (Lipinski definition) is 1. The first-order valence-electron chi connectivity index (χ1n) is 6.48. The van der Waals surface area contributed by atoms with Gasteiger partial charge in [0.2, 0.25) is 0 Å². The summed E-state index contributed by atoms with van der Waals surface area (Å²) in [4.78, 5) is 0. The van der Waals surface area contributed by atoms with Crippen LogP contribution in [0.3, 0.4) is 0 Å². The smallest absolute Gasteiger partial charge is 0.0208 e. The monoisotopic (exact) mass is 219 g/mol. The Morgan fingerprint density at radius 2 is 1.56 bits per heavy atom. The van der Waals surface area contributed by atoms with E-state index < -0.39 is 0 Å². The Hall–Kier alpha value is -0.820. The topological polar surface area (TPSA) is 12.0 Å². The lowest BCUT2D eigenvalue weighted by molar-refractivity contribution is 0.387. The van der Waals surface area contributed by atoms with E-state index in [1.54, 1.807) is 0 Å². The van der Waals surface area contributed by atoms with Gasteiger partial charge < -0.3 is 5.32 Å². The minimum absolute atomic E-state index is 0.630. The Morgan fingerprint density at radius 3 is 2.00 bits per heavy atom. The fourth-order valence-corrected chi connectivity index (χ4v) is 1.99. The molecule has 0 saturated carbocycles. The van der Waals surface area contributed by atoms with Crippen molar-refractivity contribution in [2.45, 2.75) is 53.1 Å². The van der Waals surface area contributed by atoms with Crippen LogP contribution in [0.25, 0.3) is 0 Å². The highest BCUT2D eigenvalue weighted by Gasteiger charge is 2.09. The third-order valence-electron chi connectivity index (χ3n) is 3.24. The Balaban J connectivity index is 2.47. The summed E-state index contributed by atoms with van der Waals surface area (Å²) in [6.45, 7) is 9.99. The number of benzene rings is 1. The van der Waals surface area contributed by atoms with Crippen molar-refractivity contribution in [3.8, 4) is 0 Å². The molecule has 0 bridgehead atoms. The molecule has 1 nitrogen and oxygen atoms in total. The van der Waals surface area contributed by atoms with E-state index >= 15 is 0 Å². The molecule has 1 atom stereocenters. The van der Waals surface area contributed by atoms with Gasteiger partial charge in [-0.15, -0.1) is 0 Å². The van der Waals surface area contributed by atoms with Gasteiger partial charge >= 0.3 is 0 Å². The maximum Gasteiger partial charge on any atom is 0.0208 e. The van der Waals surface area contributed by atoms with Gasteiger partial charge in [0.25, 0.3) is 0 Å². The van der Waals surface area contributed by atoms with E-state index in [1.165, 1.54) is 17.5 Å². The second-order valence-corrected chi connectivity index (χ2v) is 4.81. The molecule has 0 spiro atoms. The molecule has 16 heavy (non-hydrogen) atoms. The van der Waals surface area contributed by atoms with Crippen molar-refractivity contribution in [1.29, 1.82) is 0 Å². The normalized spacial score (nSPS) is 13.1. The second-order valence-electron chi connectivity index (χ2n) is 4.81. The molecule has 1 rings (SSSR count). The van der Waals surface area contributed by atoms with Gasteiger partial charge in [-0.25, -0.2) is 0 Å². The summed E-state index contributed by atoms with van der Waals surface area (Å²) in [5, 5.41) is 3.62. The number of hydrogen-bond donors (Lipinski definition) is 1. The molecule has 0 aliphatic rings. The Morgan fingerprint density at radius 1 is 1.00 bits per heavy atom. The van der Waals surface area contributed by atoms with Crippen LogP contribution in [-0.4, -0.2) is 6.04 Å². The summed E-state index contributed by atoms with van der Waals surface area (Å²) < 4.78 is 0. The van der Waals surface area contributed by atoms with E-state index in [-0.39, 0.29) is 0 Å². The zero-order valence-corrected chi connectivity index (χ0v) is 11.1. The van der Waals surface area contributed by atoms with Crippen LogP contribution in [-0.2, 0) is 13.0 Å². The lowest BCUT2D eigenvalue weighted by atomic mass is 10.0. The zero-order chi connectivity index (χ0) is 12.0. The molecule has 1 aromatic rings. The van der Waals surface area contributed by atoms with E-state index in [4.69, 9.17) is 0 Å². The predicted octanol–water partition coefficient (Wildman–Crippen LogP) is 3.77. The minimum Gasteiger partial charge on any atom is -0.310 e. The van der Waals surface area contributed by atoms with Gasteiger partial charge in [-0.2, -0.15) is 0 Å². The molecule has 1 N–H and O–H groups in total. The number of aryl methyl sites for hydroxylation is 1. The number of rotatable bonds is 6. The van der Waals surface area contributed by atoms with Crippen LogP contribution in [0.2, 0.25) is 0 Å². The molecule has 0 saturated heterocycles. The first kappa shape index (κ1) is 13.2. The van der Waals surface area contributed by atoms with Crippen molar-refractivity contribution in [2.75, 3.05) is 0 Å². The summed E-state index contributed by atoms with van der Waals surface area (Å²) in [6, 6.07) is 9.56. The van der Waals surface area contributed by atoms with Crippen LogP contribution in [0.5, 0.6) is 0 Å². The van der Waals surface area contributed by atoms with Crippen LogP contribution in [0.4, 0.5) is 0 Å². The van der Waals surface area contributed by atoms with Gasteiger partial charge in [-0.1, -0.05) is 52.0 Å². The van der Waals surface area contributed by atoms with E-state index in [9.17, 15) is 0 Å². The highest BCUT2D eigenvalue weighted by molar-refractivity contribution is 5.22. The molecule has 0 aromatic heterocycles. The highest BCUT2D eigenvalue weighted by atomic mass is 14.9. The van der Waals surface area contributed by atoms with Crippen molar-refractivity contribution in [3.63, 3.8) is 0 Å². The molecular formula is C15H25N. The molecule has 0 aliphatic heterocycles. The molecule has 1 unspecified atom stereocenters. The summed E-state index contributed by atoms with van der Waals surface area (Å²) in [7, 11) is 0. The third kappa shape index (κ3) is 3.97. The Bertz CT molecular complexity index is 287. The highest BCUT2D eigenvalue weighted by Crippen LogP contribution is 2.08. The van der Waals surface area contributed by atoms with Crippen molar-refractivity contribution >= 4 is 0 Å². The Labute approximate surface area is 100 Å². The quantitative estimate of drug-likeness (QED) is 0.768. The fraction of sp³-hybridized carbons (Fsp3) is 0.600. The van der Waals surface area contributed by atoms with Gasteiger partial charge in [-0.3, -0.25) is 0 Å². The molecule has 0 heterocycles. The predicted molar refractivity (Wildman–Crippen MR) is 71.6 cm³/mol. The largest absolute Gasteiger partial charge is 0.310 e. The maximum atomic E-state index is 3.62. The van der Waals surface area contributed by atoms with Crippen molar-refractivity contribution < 1.29 is 0 Å². The molecule has 0 amide bonds. The van der Waals surface area contributed by atoms with Crippen LogP contribution in [0.15, 0.2) is 24.3 Å². The van der Waals surface area contributed by atoms with Crippen LogP contribution in [0, 0.1) is 5.92 Å². The van der Waals surface area contributed by atoms with Gasteiger partial charge in [0, 0.05) is 12.6 Å². The summed E-state index contributed by atoms with van der Waals surface area (Å²) >= 11 is 0. The lowest BCUT2D eigenvalue weighted by Crippen LogP contribution is -2.32. The van der Waals surface area contributed by atoms with Crippen LogP contribution >= 0.6 is 0 Å². The SMILES string of the molecule is CCc1ccc(CNC(CC)C(C)C)cc1. The summed E-state index contributed by atoms with van der Waals surface area (Å²) in [6.07, 6.45) is 2.32. The van der Waals surface area contributed by atoms with E-state index in [1.807, 2.05) is 0 Å². The molecule has 0 radical (unpaired) electrons. The minimum atomic E-state index is 0.630. The fourth-order valence-electron chi connectivity index (χ4n) is 1.99. The van der Waals surface area contributed by atoms with Crippen LogP contribution < -0.4 is 5.32 Å². The average Bonchev–Trinajstić information content (AvgIpc) is 2.30. The van der Waals surface area contributed by atoms with Gasteiger partial charge in [-0.05, 0) is 29.9 Å². The molecule has 1 aromatic carbocycles. The molecule has 1 heteroatoms. The van der Waals surface area contributed by atoms with Crippen molar-refractivity contribution in [1.82, 2.24) is 5.32 Å². The standard InChI is InChI=1S/C15H25N/c1-5-13-7-9-14(10-8-13)11-16-15(6-2)12(3)4/h7-10,12,15-16H,5-6,11H2,1-4H3. The van der Waals surface area contributed by atoms with Crippen molar-refractivity contribution in [3.05, 3.63) is 35.4 Å². The first-order chi connectivity index (χ1) is 7.67. The summed E-state index contributed by atoms with van der Waals surface area (Å²) in [5.41, 5.74) is 2.80. The van der Waals surface area contributed by atoms with E-state index in [0.717, 1.165) is 13.0 Å². The summed E-state index contributed by atoms with van der Waals surface area (Å²) in [5.74, 6) is 0.708. The lowest BCUT2D eigenvalue weighted by Gasteiger charge is -2.20. The van der Waals surface area contributed by atoms with Gasteiger partial charge in [0.1, 0.15) is 0 Å². The molecule has 0 aliphatic carbocycles. The zero-order valence-electron chi connectivity index (χ0n) is 11.1. The number of nitrogens with one attached hydrogen (secondary N) is 1. The van der Waals surface area contributed by atoms with Gasteiger partial charge in [0.05, 0.1) is 0 Å². The van der Waals surface area contributed by atoms with Crippen molar-refractivity contribution in [2.24, 2.45) is 5.92 Å². The molecule has 90 valence electrons. The second kappa shape index (κ2) is 6.70. The van der Waals surface area contributed by atoms with E-state index in [0.29, 0.717) is 12.0 Å². The molecular weight excluding hydrogens is 194 g/mol. The first-order valence-corrected chi connectivity index (χ1v) is 6.48.